The van der Waals surface area contributed by atoms with Crippen LogP contribution < -0.4 is 0 Å². The smallest absolute Gasteiger partial charge is 0.121 e. The van der Waals surface area contributed by atoms with Crippen LogP contribution in [0.3, 0.4) is 0 Å². The van der Waals surface area contributed by atoms with Crippen LogP contribution in [0.4, 0.5) is 0 Å². The largest absolute Gasteiger partial charge is 0.507 e. The molecule has 0 unspecified atom stereocenters. The van der Waals surface area contributed by atoms with Gasteiger partial charge in [-0.15, -0.1) is 0 Å². The number of phenols is 2. The van der Waals surface area contributed by atoms with Gasteiger partial charge in [-0.3, -0.25) is 0 Å². The molecular weight excluding hydrogens is 440 g/mol. The Hall–Kier alpha value is -3.52. The summed E-state index contributed by atoms with van der Waals surface area (Å²) in [7, 11) is 0. The third-order valence-corrected chi connectivity index (χ3v) is 7.97. The first-order valence-corrected chi connectivity index (χ1v) is 12.6. The van der Waals surface area contributed by atoms with Gasteiger partial charge in [0.15, 0.2) is 0 Å². The van der Waals surface area contributed by atoms with E-state index in [1.807, 2.05) is 27.7 Å². The van der Waals surface area contributed by atoms with Gasteiger partial charge in [-0.1, -0.05) is 100 Å². The van der Waals surface area contributed by atoms with Crippen molar-refractivity contribution in [1.29, 1.82) is 0 Å². The minimum atomic E-state index is -0.171. The van der Waals surface area contributed by atoms with Crippen molar-refractivity contribution in [3.05, 3.63) is 117 Å². The van der Waals surface area contributed by atoms with E-state index in [0.29, 0.717) is 11.5 Å². The molecule has 0 aromatic heterocycles. The Bertz CT molecular complexity index is 1250. The van der Waals surface area contributed by atoms with Gasteiger partial charge >= 0.3 is 0 Å². The van der Waals surface area contributed by atoms with Crippen LogP contribution in [-0.2, 0) is 10.8 Å². The predicted octanol–water partition coefficient (Wildman–Crippen LogP) is 8.65. The Morgan fingerprint density at radius 2 is 0.667 bits per heavy atom. The van der Waals surface area contributed by atoms with E-state index >= 15 is 0 Å². The van der Waals surface area contributed by atoms with Gasteiger partial charge in [-0.2, -0.15) is 0 Å². The third kappa shape index (κ3) is 4.53. The van der Waals surface area contributed by atoms with E-state index in [1.54, 1.807) is 0 Å². The van der Waals surface area contributed by atoms with Crippen LogP contribution in [0.15, 0.2) is 72.8 Å². The summed E-state index contributed by atoms with van der Waals surface area (Å²) < 4.78 is 0. The zero-order valence-electron chi connectivity index (χ0n) is 22.8. The highest BCUT2D eigenvalue weighted by molar-refractivity contribution is 5.65. The monoisotopic (exact) mass is 478 g/mol. The van der Waals surface area contributed by atoms with Gasteiger partial charge in [0.2, 0.25) is 0 Å². The van der Waals surface area contributed by atoms with E-state index in [2.05, 4.69) is 100 Å². The normalized spacial score (nSPS) is 12.1. The summed E-state index contributed by atoms with van der Waals surface area (Å²) >= 11 is 0. The topological polar surface area (TPSA) is 40.5 Å². The van der Waals surface area contributed by atoms with Crippen LogP contribution in [0.2, 0.25) is 0 Å². The molecule has 2 N–H and O–H groups in total. The fourth-order valence-corrected chi connectivity index (χ4v) is 5.13. The second kappa shape index (κ2) is 9.17. The first-order chi connectivity index (χ1) is 16.8. The van der Waals surface area contributed by atoms with Gasteiger partial charge in [0.25, 0.3) is 0 Å². The van der Waals surface area contributed by atoms with Crippen molar-refractivity contribution < 1.29 is 10.2 Å². The average Bonchev–Trinajstić information content (AvgIpc) is 2.85. The van der Waals surface area contributed by atoms with Crippen molar-refractivity contribution in [1.82, 2.24) is 0 Å². The lowest BCUT2D eigenvalue weighted by molar-refractivity contribution is 0.465. The van der Waals surface area contributed by atoms with Gasteiger partial charge < -0.3 is 10.2 Å². The summed E-state index contributed by atoms with van der Waals surface area (Å²) in [6, 6.07) is 26.0. The van der Waals surface area contributed by atoms with E-state index in [4.69, 9.17) is 0 Å². The van der Waals surface area contributed by atoms with Gasteiger partial charge in [-0.05, 0) is 83.3 Å². The van der Waals surface area contributed by atoms with Gasteiger partial charge in [0.05, 0.1) is 0 Å². The Morgan fingerprint density at radius 3 is 0.917 bits per heavy atom. The first-order valence-electron chi connectivity index (χ1n) is 12.6. The molecule has 0 aliphatic heterocycles. The summed E-state index contributed by atoms with van der Waals surface area (Å²) in [6.07, 6.45) is 0. The SMILES string of the molecule is Cc1cc(C(C)(C)c2ccc(-c3ccc(C(C)(C)c4cc(C)c(O)c(C)c4)cc3)cc2)cc(C)c1O. The first kappa shape index (κ1) is 25.6. The fourth-order valence-electron chi connectivity index (χ4n) is 5.13. The van der Waals surface area contributed by atoms with Crippen LogP contribution in [0.1, 0.15) is 72.2 Å². The van der Waals surface area contributed by atoms with Crippen molar-refractivity contribution in [3.8, 4) is 22.6 Å². The van der Waals surface area contributed by atoms with Gasteiger partial charge in [0.1, 0.15) is 11.5 Å². The highest BCUT2D eigenvalue weighted by Crippen LogP contribution is 2.38. The van der Waals surface area contributed by atoms with E-state index in [-0.39, 0.29) is 10.8 Å². The van der Waals surface area contributed by atoms with Crippen LogP contribution in [0, 0.1) is 27.7 Å². The van der Waals surface area contributed by atoms with E-state index in [0.717, 1.165) is 22.3 Å². The number of aryl methyl sites for hydroxylation is 4. The molecule has 0 heterocycles. The molecule has 4 aromatic rings. The molecule has 186 valence electrons. The molecule has 0 aliphatic carbocycles. The molecule has 4 rings (SSSR count). The van der Waals surface area contributed by atoms with Crippen molar-refractivity contribution in [2.24, 2.45) is 0 Å². The molecule has 0 bridgehead atoms. The molecule has 0 spiro atoms. The maximum atomic E-state index is 10.2. The second-order valence-electron chi connectivity index (χ2n) is 11.3. The minimum Gasteiger partial charge on any atom is -0.507 e. The lowest BCUT2D eigenvalue weighted by Gasteiger charge is -2.28. The molecule has 0 radical (unpaired) electrons. The molecule has 0 saturated heterocycles. The number of hydrogen-bond acceptors (Lipinski definition) is 2. The highest BCUT2D eigenvalue weighted by Gasteiger charge is 2.26. The Morgan fingerprint density at radius 1 is 0.417 bits per heavy atom. The average molecular weight is 479 g/mol. The van der Waals surface area contributed by atoms with Gasteiger partial charge in [-0.25, -0.2) is 0 Å². The minimum absolute atomic E-state index is 0.171. The molecule has 0 amide bonds. The lowest BCUT2D eigenvalue weighted by atomic mass is 9.76. The molecule has 2 nitrogen and oxygen atoms in total. The van der Waals surface area contributed by atoms with Crippen LogP contribution >= 0.6 is 0 Å². The highest BCUT2D eigenvalue weighted by atomic mass is 16.3. The molecule has 0 fully saturated rings. The summed E-state index contributed by atoms with van der Waals surface area (Å²) in [5, 5.41) is 20.4. The summed E-state index contributed by atoms with van der Waals surface area (Å²) in [4.78, 5) is 0. The van der Waals surface area contributed by atoms with Crippen LogP contribution in [0.25, 0.3) is 11.1 Å². The Balaban J connectivity index is 1.60. The standard InChI is InChI=1S/C34H38O2/c1-21-17-29(18-22(2)31(21)35)33(5,6)27-13-9-25(10-14-27)26-11-15-28(16-12-26)34(7,8)30-19-23(3)32(36)24(4)20-30/h9-20,35-36H,1-8H3. The zero-order chi connectivity index (χ0) is 26.4. The number of hydrogen-bond donors (Lipinski definition) is 2. The number of aromatic hydroxyl groups is 2. The Kier molecular flexibility index (Phi) is 6.51. The van der Waals surface area contributed by atoms with E-state index in [9.17, 15) is 10.2 Å². The molecule has 36 heavy (non-hydrogen) atoms. The number of rotatable bonds is 5. The summed E-state index contributed by atoms with van der Waals surface area (Å²) in [6.45, 7) is 16.8. The lowest BCUT2D eigenvalue weighted by Crippen LogP contribution is -2.19. The van der Waals surface area contributed by atoms with Crippen molar-refractivity contribution in [2.45, 2.75) is 66.2 Å². The molecule has 0 saturated carbocycles. The fraction of sp³-hybridized carbons (Fsp3) is 0.294. The molecule has 0 atom stereocenters. The predicted molar refractivity (Wildman–Crippen MR) is 151 cm³/mol. The summed E-state index contributed by atoms with van der Waals surface area (Å²) in [5.74, 6) is 0.763. The van der Waals surface area contributed by atoms with Crippen LogP contribution in [0.5, 0.6) is 11.5 Å². The van der Waals surface area contributed by atoms with Gasteiger partial charge in [0, 0.05) is 10.8 Å². The molecule has 2 heteroatoms. The molecular formula is C34H38O2. The molecule has 4 aromatic carbocycles. The van der Waals surface area contributed by atoms with E-state index in [1.165, 1.54) is 33.4 Å². The summed E-state index contributed by atoms with van der Waals surface area (Å²) in [5.41, 5.74) is 10.6. The number of benzene rings is 4. The van der Waals surface area contributed by atoms with Crippen molar-refractivity contribution in [3.63, 3.8) is 0 Å². The van der Waals surface area contributed by atoms with Crippen LogP contribution in [-0.4, -0.2) is 10.2 Å². The number of phenolic OH excluding ortho intramolecular Hbond substituents is 2. The second-order valence-corrected chi connectivity index (χ2v) is 11.3. The van der Waals surface area contributed by atoms with Crippen molar-refractivity contribution in [2.75, 3.05) is 0 Å². The Labute approximate surface area is 216 Å². The molecule has 0 aliphatic rings. The van der Waals surface area contributed by atoms with Crippen molar-refractivity contribution >= 4 is 0 Å². The van der Waals surface area contributed by atoms with E-state index < -0.39 is 0 Å². The quantitative estimate of drug-likeness (QED) is 0.301. The third-order valence-electron chi connectivity index (χ3n) is 7.97. The maximum Gasteiger partial charge on any atom is 0.121 e. The maximum absolute atomic E-state index is 10.2. The zero-order valence-corrected chi connectivity index (χ0v) is 22.8.